The van der Waals surface area contributed by atoms with Crippen LogP contribution in [0.5, 0.6) is 0 Å². The fraction of sp³-hybridized carbons (Fsp3) is 0.357. The zero-order valence-electron chi connectivity index (χ0n) is 11.0. The van der Waals surface area contributed by atoms with Gasteiger partial charge in [0.15, 0.2) is 5.01 Å². The van der Waals surface area contributed by atoms with Gasteiger partial charge in [-0.1, -0.05) is 31.2 Å². The molecule has 1 aromatic heterocycles. The zero-order valence-corrected chi connectivity index (χ0v) is 11.8. The Labute approximate surface area is 118 Å². The highest BCUT2D eigenvalue weighted by molar-refractivity contribution is 7.11. The van der Waals surface area contributed by atoms with Gasteiger partial charge in [0.1, 0.15) is 5.60 Å². The highest BCUT2D eigenvalue weighted by Gasteiger charge is 2.37. The van der Waals surface area contributed by atoms with E-state index in [-0.39, 0.29) is 4.88 Å². The van der Waals surface area contributed by atoms with Gasteiger partial charge in [0.05, 0.1) is 4.88 Å². The van der Waals surface area contributed by atoms with Gasteiger partial charge in [-0.2, -0.15) is 13.2 Å². The van der Waals surface area contributed by atoms with E-state index in [0.717, 1.165) is 18.2 Å². The Morgan fingerprint density at radius 3 is 2.25 bits per heavy atom. The lowest BCUT2D eigenvalue weighted by molar-refractivity contribution is -0.137. The standard InChI is InChI=1S/C14H14F3NOS/c1-3-9-4-6-10(7-5-9)13(2,19)11-8-18-12(20-11)14(15,16)17/h4-8,19H,3H2,1-2H3. The van der Waals surface area contributed by atoms with Crippen LogP contribution in [-0.4, -0.2) is 10.1 Å². The molecule has 2 rings (SSSR count). The fourth-order valence-electron chi connectivity index (χ4n) is 1.84. The molecule has 20 heavy (non-hydrogen) atoms. The number of nitrogens with zero attached hydrogens (tertiary/aromatic N) is 1. The number of aliphatic hydroxyl groups is 1. The molecule has 0 bridgehead atoms. The normalized spacial score (nSPS) is 15.1. The van der Waals surface area contributed by atoms with Crippen LogP contribution in [0.3, 0.4) is 0 Å². The molecule has 1 heterocycles. The first kappa shape index (κ1) is 15.0. The van der Waals surface area contributed by atoms with Gasteiger partial charge < -0.3 is 5.11 Å². The molecule has 0 aliphatic heterocycles. The van der Waals surface area contributed by atoms with Crippen molar-refractivity contribution in [3.63, 3.8) is 0 Å². The Morgan fingerprint density at radius 2 is 1.80 bits per heavy atom. The van der Waals surface area contributed by atoms with E-state index in [2.05, 4.69) is 4.98 Å². The SMILES string of the molecule is CCc1ccc(C(C)(O)c2cnc(C(F)(F)F)s2)cc1. The van der Waals surface area contributed by atoms with Crippen LogP contribution in [0.15, 0.2) is 30.5 Å². The summed E-state index contributed by atoms with van der Waals surface area (Å²) in [6.07, 6.45) is -2.53. The van der Waals surface area contributed by atoms with Gasteiger partial charge >= 0.3 is 6.18 Å². The largest absolute Gasteiger partial charge is 0.443 e. The Balaban J connectivity index is 2.35. The van der Waals surface area contributed by atoms with Crippen LogP contribution in [0.1, 0.15) is 34.9 Å². The molecule has 1 aromatic carbocycles. The van der Waals surface area contributed by atoms with E-state index in [4.69, 9.17) is 0 Å². The molecule has 1 atom stereocenters. The highest BCUT2D eigenvalue weighted by atomic mass is 32.1. The molecule has 2 aromatic rings. The summed E-state index contributed by atoms with van der Waals surface area (Å²) in [5, 5.41) is 9.56. The van der Waals surface area contributed by atoms with Gasteiger partial charge in [-0.05, 0) is 24.5 Å². The molecule has 0 saturated heterocycles. The monoisotopic (exact) mass is 301 g/mol. The van der Waals surface area contributed by atoms with Crippen molar-refractivity contribution in [3.8, 4) is 0 Å². The van der Waals surface area contributed by atoms with Crippen LogP contribution in [0.4, 0.5) is 13.2 Å². The molecule has 2 nitrogen and oxygen atoms in total. The molecule has 0 spiro atoms. The Morgan fingerprint density at radius 1 is 1.20 bits per heavy atom. The predicted octanol–water partition coefficient (Wildman–Crippen LogP) is 3.98. The van der Waals surface area contributed by atoms with Gasteiger partial charge in [0, 0.05) is 6.20 Å². The number of aryl methyl sites for hydroxylation is 1. The minimum absolute atomic E-state index is 0.175. The van der Waals surface area contributed by atoms with E-state index >= 15 is 0 Å². The van der Waals surface area contributed by atoms with Crippen LogP contribution in [-0.2, 0) is 18.2 Å². The number of hydrogen-bond donors (Lipinski definition) is 1. The topological polar surface area (TPSA) is 33.1 Å². The lowest BCUT2D eigenvalue weighted by Crippen LogP contribution is -2.21. The van der Waals surface area contributed by atoms with Crippen molar-refractivity contribution in [2.75, 3.05) is 0 Å². The third-order valence-electron chi connectivity index (χ3n) is 3.15. The summed E-state index contributed by atoms with van der Waals surface area (Å²) in [6.45, 7) is 3.48. The first-order chi connectivity index (χ1) is 9.25. The number of benzene rings is 1. The van der Waals surface area contributed by atoms with Gasteiger partial charge in [-0.25, -0.2) is 4.98 Å². The summed E-state index contributed by atoms with van der Waals surface area (Å²) < 4.78 is 37.7. The van der Waals surface area contributed by atoms with Crippen LogP contribution >= 0.6 is 11.3 Å². The number of aromatic nitrogens is 1. The summed E-state index contributed by atoms with van der Waals surface area (Å²) in [7, 11) is 0. The van der Waals surface area contributed by atoms with Crippen LogP contribution in [0, 0.1) is 0 Å². The van der Waals surface area contributed by atoms with E-state index in [1.165, 1.54) is 6.92 Å². The molecular formula is C14H14F3NOS. The number of hydrogen-bond acceptors (Lipinski definition) is 3. The van der Waals surface area contributed by atoms with Crippen molar-refractivity contribution < 1.29 is 18.3 Å². The smallest absolute Gasteiger partial charge is 0.380 e. The third kappa shape index (κ3) is 2.86. The van der Waals surface area contributed by atoms with E-state index in [0.29, 0.717) is 16.9 Å². The van der Waals surface area contributed by atoms with Crippen LogP contribution in [0.2, 0.25) is 0 Å². The first-order valence-electron chi connectivity index (χ1n) is 6.10. The molecule has 0 saturated carbocycles. The third-order valence-corrected chi connectivity index (χ3v) is 4.41. The second-order valence-corrected chi connectivity index (χ2v) is 5.68. The Bertz CT molecular complexity index is 587. The van der Waals surface area contributed by atoms with Gasteiger partial charge in [0.2, 0.25) is 0 Å². The zero-order chi connectivity index (χ0) is 15.0. The van der Waals surface area contributed by atoms with Gasteiger partial charge in [-0.15, -0.1) is 11.3 Å². The molecule has 6 heteroatoms. The lowest BCUT2D eigenvalue weighted by Gasteiger charge is -2.22. The average Bonchev–Trinajstić information content (AvgIpc) is 2.89. The molecule has 0 fully saturated rings. The number of rotatable bonds is 3. The number of alkyl halides is 3. The summed E-state index contributed by atoms with van der Waals surface area (Å²) in [4.78, 5) is 3.52. The van der Waals surface area contributed by atoms with Crippen molar-refractivity contribution in [2.24, 2.45) is 0 Å². The van der Waals surface area contributed by atoms with E-state index in [1.54, 1.807) is 12.1 Å². The van der Waals surface area contributed by atoms with Crippen molar-refractivity contribution >= 4 is 11.3 Å². The molecule has 0 aliphatic rings. The summed E-state index contributed by atoms with van der Waals surface area (Å²) in [5.74, 6) is 0. The van der Waals surface area contributed by atoms with Crippen molar-refractivity contribution in [1.82, 2.24) is 4.98 Å². The fourth-order valence-corrected chi connectivity index (χ4v) is 2.69. The van der Waals surface area contributed by atoms with Crippen molar-refractivity contribution in [1.29, 1.82) is 0 Å². The van der Waals surface area contributed by atoms with Crippen molar-refractivity contribution in [2.45, 2.75) is 32.0 Å². The maximum atomic E-state index is 12.6. The van der Waals surface area contributed by atoms with Gasteiger partial charge in [0.25, 0.3) is 0 Å². The first-order valence-corrected chi connectivity index (χ1v) is 6.92. The Kier molecular flexibility index (Phi) is 3.88. The number of halogens is 3. The number of thiazole rings is 1. The second kappa shape index (κ2) is 5.18. The minimum atomic E-state index is -4.48. The molecular weight excluding hydrogens is 287 g/mol. The highest BCUT2D eigenvalue weighted by Crippen LogP contribution is 2.38. The Hall–Kier alpha value is -1.40. The molecule has 0 amide bonds. The average molecular weight is 301 g/mol. The summed E-state index contributed by atoms with van der Waals surface area (Å²) in [5.41, 5.74) is 0.171. The maximum absolute atomic E-state index is 12.6. The quantitative estimate of drug-likeness (QED) is 0.930. The minimum Gasteiger partial charge on any atom is -0.380 e. The summed E-state index contributed by atoms with van der Waals surface area (Å²) >= 11 is 0.465. The maximum Gasteiger partial charge on any atom is 0.443 e. The van der Waals surface area contributed by atoms with Gasteiger partial charge in [-0.3, -0.25) is 0 Å². The molecule has 0 radical (unpaired) electrons. The van der Waals surface area contributed by atoms with Crippen LogP contribution in [0.25, 0.3) is 0 Å². The second-order valence-electron chi connectivity index (χ2n) is 4.65. The van der Waals surface area contributed by atoms with E-state index in [1.807, 2.05) is 19.1 Å². The molecule has 0 aliphatic carbocycles. The van der Waals surface area contributed by atoms with Crippen LogP contribution < -0.4 is 0 Å². The van der Waals surface area contributed by atoms with Crippen molar-refractivity contribution in [3.05, 3.63) is 51.5 Å². The molecule has 108 valence electrons. The predicted molar refractivity (Wildman–Crippen MR) is 71.6 cm³/mol. The van der Waals surface area contributed by atoms with E-state index in [9.17, 15) is 18.3 Å². The molecule has 1 N–H and O–H groups in total. The molecule has 1 unspecified atom stereocenters. The van der Waals surface area contributed by atoms with E-state index < -0.39 is 16.8 Å². The lowest BCUT2D eigenvalue weighted by atomic mass is 9.94. The summed E-state index contributed by atoms with van der Waals surface area (Å²) in [6, 6.07) is 7.17.